The molecule has 1 amide bonds. The van der Waals surface area contributed by atoms with Gasteiger partial charge in [0.1, 0.15) is 0 Å². The molecule has 2 fully saturated rings. The second kappa shape index (κ2) is 6.10. The molecule has 6 heteroatoms. The summed E-state index contributed by atoms with van der Waals surface area (Å²) in [5, 5.41) is 15.1. The van der Waals surface area contributed by atoms with Crippen LogP contribution in [-0.4, -0.2) is 16.5 Å². The van der Waals surface area contributed by atoms with Crippen LogP contribution in [0.3, 0.4) is 0 Å². The SMILES string of the molecule is C/C(=N\NC(=O)c1ccc([N+](=O)[O-])c(C)c1)[C@H]1C[C@H]2CC[C@@H]1C2. The van der Waals surface area contributed by atoms with Crippen molar-refractivity contribution in [2.45, 2.75) is 39.5 Å². The van der Waals surface area contributed by atoms with E-state index in [1.54, 1.807) is 6.92 Å². The smallest absolute Gasteiger partial charge is 0.267 e. The van der Waals surface area contributed by atoms with Gasteiger partial charge in [-0.25, -0.2) is 5.43 Å². The normalized spacial score (nSPS) is 26.3. The van der Waals surface area contributed by atoms with E-state index in [1.165, 1.54) is 43.9 Å². The second-order valence-corrected chi connectivity index (χ2v) is 6.73. The fraction of sp³-hybridized carbons (Fsp3) is 0.529. The van der Waals surface area contributed by atoms with Crippen molar-refractivity contribution < 1.29 is 9.72 Å². The summed E-state index contributed by atoms with van der Waals surface area (Å²) in [5.41, 5.74) is 4.45. The van der Waals surface area contributed by atoms with Gasteiger partial charge >= 0.3 is 0 Å². The van der Waals surface area contributed by atoms with Crippen LogP contribution in [0.2, 0.25) is 0 Å². The van der Waals surface area contributed by atoms with Crippen LogP contribution in [0.25, 0.3) is 0 Å². The summed E-state index contributed by atoms with van der Waals surface area (Å²) in [6.07, 6.45) is 5.10. The number of aryl methyl sites for hydroxylation is 1. The van der Waals surface area contributed by atoms with Crippen molar-refractivity contribution in [1.29, 1.82) is 0 Å². The van der Waals surface area contributed by atoms with Gasteiger partial charge in [0.25, 0.3) is 11.6 Å². The molecule has 3 atom stereocenters. The van der Waals surface area contributed by atoms with Gasteiger partial charge in [-0.05, 0) is 57.1 Å². The highest BCUT2D eigenvalue weighted by Gasteiger charge is 2.40. The lowest BCUT2D eigenvalue weighted by Crippen LogP contribution is -2.24. The monoisotopic (exact) mass is 315 g/mol. The predicted molar refractivity (Wildman–Crippen MR) is 87.3 cm³/mol. The molecule has 0 spiro atoms. The molecule has 0 radical (unpaired) electrons. The van der Waals surface area contributed by atoms with Crippen molar-refractivity contribution in [2.24, 2.45) is 22.9 Å². The third kappa shape index (κ3) is 3.11. The Kier molecular flexibility index (Phi) is 4.15. The van der Waals surface area contributed by atoms with E-state index < -0.39 is 4.92 Å². The molecule has 6 nitrogen and oxygen atoms in total. The Balaban J connectivity index is 1.66. The van der Waals surface area contributed by atoms with E-state index in [1.807, 2.05) is 6.92 Å². The lowest BCUT2D eigenvalue weighted by Gasteiger charge is -2.21. The van der Waals surface area contributed by atoms with E-state index in [-0.39, 0.29) is 11.6 Å². The van der Waals surface area contributed by atoms with E-state index in [0.29, 0.717) is 17.0 Å². The van der Waals surface area contributed by atoms with Crippen LogP contribution in [0.4, 0.5) is 5.69 Å². The highest BCUT2D eigenvalue weighted by Crippen LogP contribution is 2.48. The van der Waals surface area contributed by atoms with Gasteiger partial charge in [0.15, 0.2) is 0 Å². The minimum Gasteiger partial charge on any atom is -0.267 e. The maximum absolute atomic E-state index is 12.2. The number of rotatable bonds is 4. The fourth-order valence-corrected chi connectivity index (χ4v) is 4.04. The predicted octanol–water partition coefficient (Wildman–Crippen LogP) is 3.45. The van der Waals surface area contributed by atoms with E-state index >= 15 is 0 Å². The number of carbonyl (C=O) groups excluding carboxylic acids is 1. The lowest BCUT2D eigenvalue weighted by molar-refractivity contribution is -0.385. The van der Waals surface area contributed by atoms with Gasteiger partial charge < -0.3 is 0 Å². The zero-order chi connectivity index (χ0) is 16.6. The zero-order valence-electron chi connectivity index (χ0n) is 13.4. The summed E-state index contributed by atoms with van der Waals surface area (Å²) in [7, 11) is 0. The number of nitro benzene ring substituents is 1. The molecule has 2 bridgehead atoms. The second-order valence-electron chi connectivity index (χ2n) is 6.73. The molecule has 1 aromatic rings. The van der Waals surface area contributed by atoms with Gasteiger partial charge in [-0.2, -0.15) is 5.10 Å². The van der Waals surface area contributed by atoms with E-state index in [2.05, 4.69) is 10.5 Å². The van der Waals surface area contributed by atoms with Crippen LogP contribution < -0.4 is 5.43 Å². The molecule has 23 heavy (non-hydrogen) atoms. The highest BCUT2D eigenvalue weighted by molar-refractivity contribution is 5.96. The summed E-state index contributed by atoms with van der Waals surface area (Å²) < 4.78 is 0. The molecule has 0 aliphatic heterocycles. The average Bonchev–Trinajstić information content (AvgIpc) is 3.14. The molecule has 0 aromatic heterocycles. The van der Waals surface area contributed by atoms with Gasteiger partial charge in [0, 0.05) is 28.8 Å². The standard InChI is InChI=1S/C17H21N3O3/c1-10-7-14(5-6-16(10)20(22)23)17(21)19-18-11(2)15-9-12-3-4-13(15)8-12/h5-7,12-13,15H,3-4,8-9H2,1-2H3,(H,19,21)/b18-11+/t12-,13+,15+/m0/s1. The van der Waals surface area contributed by atoms with Crippen LogP contribution >= 0.6 is 0 Å². The number of hydrazone groups is 1. The van der Waals surface area contributed by atoms with Crippen LogP contribution in [0.15, 0.2) is 23.3 Å². The van der Waals surface area contributed by atoms with E-state index in [9.17, 15) is 14.9 Å². The van der Waals surface area contributed by atoms with E-state index in [0.717, 1.165) is 17.5 Å². The van der Waals surface area contributed by atoms with E-state index in [4.69, 9.17) is 0 Å². The van der Waals surface area contributed by atoms with Gasteiger partial charge in [-0.3, -0.25) is 14.9 Å². The fourth-order valence-electron chi connectivity index (χ4n) is 4.04. The number of nitrogens with zero attached hydrogens (tertiary/aromatic N) is 2. The maximum Gasteiger partial charge on any atom is 0.272 e. The Labute approximate surface area is 135 Å². The first-order chi connectivity index (χ1) is 11.0. The van der Waals surface area contributed by atoms with Gasteiger partial charge in [-0.1, -0.05) is 6.42 Å². The van der Waals surface area contributed by atoms with Gasteiger partial charge in [-0.15, -0.1) is 0 Å². The van der Waals surface area contributed by atoms with Crippen LogP contribution in [0.5, 0.6) is 0 Å². The number of amides is 1. The number of benzene rings is 1. The van der Waals surface area contributed by atoms with Crippen LogP contribution in [-0.2, 0) is 0 Å². The first kappa shape index (κ1) is 15.6. The first-order valence-electron chi connectivity index (χ1n) is 8.05. The highest BCUT2D eigenvalue weighted by atomic mass is 16.6. The van der Waals surface area contributed by atoms with Crippen LogP contribution in [0.1, 0.15) is 48.5 Å². The Morgan fingerprint density at radius 3 is 2.70 bits per heavy atom. The van der Waals surface area contributed by atoms with Crippen LogP contribution in [0, 0.1) is 34.8 Å². The first-order valence-corrected chi connectivity index (χ1v) is 8.05. The van der Waals surface area contributed by atoms with Crippen molar-refractivity contribution in [3.63, 3.8) is 0 Å². The molecule has 3 rings (SSSR count). The molecule has 0 unspecified atom stereocenters. The van der Waals surface area contributed by atoms with Crippen molar-refractivity contribution in [3.05, 3.63) is 39.4 Å². The number of nitrogens with one attached hydrogen (secondary N) is 1. The van der Waals surface area contributed by atoms with Gasteiger partial charge in [0.2, 0.25) is 0 Å². The Morgan fingerprint density at radius 1 is 1.35 bits per heavy atom. The Bertz CT molecular complexity index is 684. The minimum absolute atomic E-state index is 0.0169. The van der Waals surface area contributed by atoms with Crippen molar-refractivity contribution >= 4 is 17.3 Å². The topological polar surface area (TPSA) is 84.6 Å². The number of fused-ring (bicyclic) bond motifs is 2. The molecule has 1 aromatic carbocycles. The molecular weight excluding hydrogens is 294 g/mol. The minimum atomic E-state index is -0.450. The van der Waals surface area contributed by atoms with Crippen molar-refractivity contribution in [2.75, 3.05) is 0 Å². The number of carbonyl (C=O) groups is 1. The molecule has 122 valence electrons. The molecule has 0 saturated heterocycles. The summed E-state index contributed by atoms with van der Waals surface area (Å²) in [6, 6.07) is 4.34. The third-order valence-corrected chi connectivity index (χ3v) is 5.26. The van der Waals surface area contributed by atoms with Crippen molar-refractivity contribution in [3.8, 4) is 0 Å². The van der Waals surface area contributed by atoms with Gasteiger partial charge in [0.05, 0.1) is 4.92 Å². The summed E-state index contributed by atoms with van der Waals surface area (Å²) in [5.74, 6) is 1.73. The maximum atomic E-state index is 12.2. The molecule has 2 aliphatic carbocycles. The number of nitro groups is 1. The lowest BCUT2D eigenvalue weighted by atomic mass is 9.86. The quantitative estimate of drug-likeness (QED) is 0.524. The molecule has 1 N–H and O–H groups in total. The molecular formula is C17H21N3O3. The summed E-state index contributed by atoms with van der Waals surface area (Å²) >= 11 is 0. The largest absolute Gasteiger partial charge is 0.272 e. The molecule has 2 saturated carbocycles. The summed E-state index contributed by atoms with van der Waals surface area (Å²) in [4.78, 5) is 22.5. The Morgan fingerprint density at radius 2 is 2.13 bits per heavy atom. The zero-order valence-corrected chi connectivity index (χ0v) is 13.4. The average molecular weight is 315 g/mol. The van der Waals surface area contributed by atoms with Crippen molar-refractivity contribution in [1.82, 2.24) is 5.43 Å². The number of hydrogen-bond donors (Lipinski definition) is 1. The third-order valence-electron chi connectivity index (χ3n) is 5.26. The molecule has 0 heterocycles. The number of hydrogen-bond acceptors (Lipinski definition) is 4. The molecule has 2 aliphatic rings. The summed E-state index contributed by atoms with van der Waals surface area (Å²) in [6.45, 7) is 3.60. The Hall–Kier alpha value is -2.24.